The van der Waals surface area contributed by atoms with E-state index in [1.807, 2.05) is 0 Å². The van der Waals surface area contributed by atoms with Crippen molar-refractivity contribution < 1.29 is 17.9 Å². The first-order valence-electron chi connectivity index (χ1n) is 9.10. The molecule has 7 nitrogen and oxygen atoms in total. The summed E-state index contributed by atoms with van der Waals surface area (Å²) < 4.78 is 32.0. The number of nitrogens with two attached hydrogens (primary N) is 1. The Balaban J connectivity index is 1.57. The lowest BCUT2D eigenvalue weighted by atomic mass is 9.96. The fourth-order valence-corrected chi connectivity index (χ4v) is 4.89. The molecule has 3 rings (SSSR count). The number of rotatable bonds is 7. The second kappa shape index (κ2) is 7.94. The number of carbonyl (C=O) groups excluding carboxylic acids is 1. The van der Waals surface area contributed by atoms with Gasteiger partial charge < -0.3 is 15.8 Å². The SMILES string of the molecule is COc1ccc(S(=O)(=O)N2CCC(C(=O)NC(CN)C3CC3)CC2)cc1. The maximum absolute atomic E-state index is 12.8. The number of carbonyl (C=O) groups is 1. The van der Waals surface area contributed by atoms with Gasteiger partial charge in [-0.2, -0.15) is 4.31 Å². The Morgan fingerprint density at radius 2 is 1.85 bits per heavy atom. The predicted molar refractivity (Wildman–Crippen MR) is 98.2 cm³/mol. The molecule has 1 amide bonds. The molecule has 8 heteroatoms. The van der Waals surface area contributed by atoms with Crippen molar-refractivity contribution in [3.63, 3.8) is 0 Å². The van der Waals surface area contributed by atoms with Gasteiger partial charge in [0.15, 0.2) is 0 Å². The van der Waals surface area contributed by atoms with E-state index >= 15 is 0 Å². The molecule has 1 unspecified atom stereocenters. The van der Waals surface area contributed by atoms with E-state index in [-0.39, 0.29) is 22.8 Å². The van der Waals surface area contributed by atoms with Gasteiger partial charge in [-0.3, -0.25) is 4.79 Å². The third-order valence-corrected chi connectivity index (χ3v) is 7.21. The number of piperidine rings is 1. The molecule has 1 atom stereocenters. The first-order valence-corrected chi connectivity index (χ1v) is 10.5. The maximum atomic E-state index is 12.8. The van der Waals surface area contributed by atoms with Crippen molar-refractivity contribution in [2.75, 3.05) is 26.7 Å². The summed E-state index contributed by atoms with van der Waals surface area (Å²) in [6.07, 6.45) is 3.31. The van der Waals surface area contributed by atoms with Gasteiger partial charge >= 0.3 is 0 Å². The molecule has 0 aromatic heterocycles. The minimum atomic E-state index is -3.54. The summed E-state index contributed by atoms with van der Waals surface area (Å²) in [6, 6.07) is 6.43. The van der Waals surface area contributed by atoms with Crippen molar-refractivity contribution in [2.45, 2.75) is 36.6 Å². The fourth-order valence-electron chi connectivity index (χ4n) is 3.42. The summed E-state index contributed by atoms with van der Waals surface area (Å²) >= 11 is 0. The van der Waals surface area contributed by atoms with Gasteiger partial charge in [-0.05, 0) is 55.9 Å². The minimum absolute atomic E-state index is 0.00819. The molecule has 3 N–H and O–H groups in total. The van der Waals surface area contributed by atoms with Gasteiger partial charge in [0.1, 0.15) is 5.75 Å². The number of ether oxygens (including phenoxy) is 1. The van der Waals surface area contributed by atoms with Crippen molar-refractivity contribution in [3.05, 3.63) is 24.3 Å². The number of nitrogens with zero attached hydrogens (tertiary/aromatic N) is 1. The van der Waals surface area contributed by atoms with Gasteiger partial charge in [-0.1, -0.05) is 0 Å². The monoisotopic (exact) mass is 381 g/mol. The predicted octanol–water partition coefficient (Wildman–Crippen LogP) is 0.949. The van der Waals surface area contributed by atoms with Gasteiger partial charge in [0.25, 0.3) is 0 Å². The molecule has 26 heavy (non-hydrogen) atoms. The molecular formula is C18H27N3O4S. The van der Waals surface area contributed by atoms with Crippen LogP contribution in [0, 0.1) is 11.8 Å². The molecule has 0 spiro atoms. The average Bonchev–Trinajstić information content (AvgIpc) is 3.51. The number of nitrogens with one attached hydrogen (secondary N) is 1. The van der Waals surface area contributed by atoms with Gasteiger partial charge in [0.05, 0.1) is 12.0 Å². The van der Waals surface area contributed by atoms with Crippen LogP contribution in [0.4, 0.5) is 0 Å². The summed E-state index contributed by atoms with van der Waals surface area (Å²) in [6.45, 7) is 1.16. The van der Waals surface area contributed by atoms with Crippen LogP contribution < -0.4 is 15.8 Å². The first-order chi connectivity index (χ1) is 12.5. The summed E-state index contributed by atoms with van der Waals surface area (Å²) in [5, 5.41) is 3.05. The van der Waals surface area contributed by atoms with Gasteiger partial charge in [0, 0.05) is 31.6 Å². The number of hydrogen-bond acceptors (Lipinski definition) is 5. The summed E-state index contributed by atoms with van der Waals surface area (Å²) in [5.41, 5.74) is 5.74. The normalized spacial score (nSPS) is 20.5. The third kappa shape index (κ3) is 4.19. The highest BCUT2D eigenvalue weighted by Gasteiger charge is 2.35. The molecule has 2 fully saturated rings. The Labute approximate surface area is 154 Å². The van der Waals surface area contributed by atoms with E-state index in [1.54, 1.807) is 24.3 Å². The van der Waals surface area contributed by atoms with E-state index in [1.165, 1.54) is 11.4 Å². The molecule has 144 valence electrons. The van der Waals surface area contributed by atoms with Crippen LogP contribution in [0.15, 0.2) is 29.2 Å². The Hall–Kier alpha value is -1.64. The molecular weight excluding hydrogens is 354 g/mol. The molecule has 1 aliphatic carbocycles. The van der Waals surface area contributed by atoms with Crippen LogP contribution in [0.3, 0.4) is 0 Å². The first kappa shape index (κ1) is 19.1. The van der Waals surface area contributed by atoms with Crippen LogP contribution in [-0.2, 0) is 14.8 Å². The Bertz CT molecular complexity index is 723. The largest absolute Gasteiger partial charge is 0.497 e. The van der Waals surface area contributed by atoms with E-state index < -0.39 is 10.0 Å². The van der Waals surface area contributed by atoms with Gasteiger partial charge in [-0.25, -0.2) is 8.42 Å². The highest BCUT2D eigenvalue weighted by Crippen LogP contribution is 2.32. The Morgan fingerprint density at radius 1 is 1.23 bits per heavy atom. The standard InChI is InChI=1S/C18H27N3O4S/c1-25-15-4-6-16(7-5-15)26(23,24)21-10-8-14(9-11-21)18(22)20-17(12-19)13-2-3-13/h4-7,13-14,17H,2-3,8-12,19H2,1H3,(H,20,22). The Morgan fingerprint density at radius 3 is 2.35 bits per heavy atom. The van der Waals surface area contributed by atoms with E-state index in [4.69, 9.17) is 10.5 Å². The lowest BCUT2D eigenvalue weighted by molar-refractivity contribution is -0.126. The summed E-state index contributed by atoms with van der Waals surface area (Å²) in [7, 11) is -2.00. The molecule has 1 saturated heterocycles. The molecule has 1 saturated carbocycles. The second-order valence-corrected chi connectivity index (χ2v) is 8.98. The van der Waals surface area contributed by atoms with Crippen molar-refractivity contribution >= 4 is 15.9 Å². The van der Waals surface area contributed by atoms with E-state index in [2.05, 4.69) is 5.32 Å². The number of hydrogen-bond donors (Lipinski definition) is 2. The fraction of sp³-hybridized carbons (Fsp3) is 0.611. The molecule has 0 bridgehead atoms. The van der Waals surface area contributed by atoms with Gasteiger partial charge in [0.2, 0.25) is 15.9 Å². The highest BCUT2D eigenvalue weighted by atomic mass is 32.2. The number of sulfonamides is 1. The van der Waals surface area contributed by atoms with Crippen molar-refractivity contribution in [3.8, 4) is 5.75 Å². The zero-order chi connectivity index (χ0) is 18.7. The average molecular weight is 381 g/mol. The lowest BCUT2D eigenvalue weighted by Crippen LogP contribution is -2.47. The summed E-state index contributed by atoms with van der Waals surface area (Å²) in [5.74, 6) is 0.989. The third-order valence-electron chi connectivity index (χ3n) is 5.29. The van der Waals surface area contributed by atoms with Crippen LogP contribution in [0.2, 0.25) is 0 Å². The van der Waals surface area contributed by atoms with E-state index in [0.29, 0.717) is 44.1 Å². The van der Waals surface area contributed by atoms with Crippen molar-refractivity contribution in [1.82, 2.24) is 9.62 Å². The van der Waals surface area contributed by atoms with Crippen LogP contribution in [0.1, 0.15) is 25.7 Å². The topological polar surface area (TPSA) is 102 Å². The zero-order valence-corrected chi connectivity index (χ0v) is 15.9. The quantitative estimate of drug-likeness (QED) is 0.732. The van der Waals surface area contributed by atoms with Crippen LogP contribution in [-0.4, -0.2) is 51.4 Å². The second-order valence-electron chi connectivity index (χ2n) is 7.04. The number of benzene rings is 1. The van der Waals surface area contributed by atoms with Crippen LogP contribution >= 0.6 is 0 Å². The molecule has 0 radical (unpaired) electrons. The number of amides is 1. The van der Waals surface area contributed by atoms with Crippen LogP contribution in [0.5, 0.6) is 5.75 Å². The molecule has 1 heterocycles. The lowest BCUT2D eigenvalue weighted by Gasteiger charge is -2.31. The molecule has 1 aliphatic heterocycles. The smallest absolute Gasteiger partial charge is 0.243 e. The Kier molecular flexibility index (Phi) is 5.84. The van der Waals surface area contributed by atoms with Crippen molar-refractivity contribution in [1.29, 1.82) is 0 Å². The van der Waals surface area contributed by atoms with Crippen LogP contribution in [0.25, 0.3) is 0 Å². The zero-order valence-electron chi connectivity index (χ0n) is 15.1. The van der Waals surface area contributed by atoms with Crippen molar-refractivity contribution in [2.24, 2.45) is 17.6 Å². The highest BCUT2D eigenvalue weighted by molar-refractivity contribution is 7.89. The van der Waals surface area contributed by atoms with E-state index in [9.17, 15) is 13.2 Å². The van der Waals surface area contributed by atoms with Gasteiger partial charge in [-0.15, -0.1) is 0 Å². The maximum Gasteiger partial charge on any atom is 0.243 e. The molecule has 2 aliphatic rings. The minimum Gasteiger partial charge on any atom is -0.497 e. The molecule has 1 aromatic carbocycles. The van der Waals surface area contributed by atoms with E-state index in [0.717, 1.165) is 12.8 Å². The number of methoxy groups -OCH3 is 1. The molecule has 1 aromatic rings. The summed E-state index contributed by atoms with van der Waals surface area (Å²) in [4.78, 5) is 12.7.